The Morgan fingerprint density at radius 1 is 0.941 bits per heavy atom. The molecule has 0 amide bonds. The zero-order chi connectivity index (χ0) is 11.9. The number of aliphatic hydroxyl groups is 1. The van der Waals surface area contributed by atoms with E-state index in [1.807, 2.05) is 31.2 Å². The highest BCUT2D eigenvalue weighted by Gasteiger charge is 2.36. The van der Waals surface area contributed by atoms with E-state index in [1.54, 1.807) is 0 Å². The summed E-state index contributed by atoms with van der Waals surface area (Å²) in [4.78, 5) is 0. The lowest BCUT2D eigenvalue weighted by atomic mass is 9.73. The van der Waals surface area contributed by atoms with Gasteiger partial charge in [-0.2, -0.15) is 0 Å². The first kappa shape index (κ1) is 10.5. The Morgan fingerprint density at radius 3 is 1.88 bits per heavy atom. The molecule has 17 heavy (non-hydrogen) atoms. The highest BCUT2D eigenvalue weighted by Crippen LogP contribution is 2.41. The van der Waals surface area contributed by atoms with Crippen molar-refractivity contribution in [3.8, 4) is 0 Å². The number of hydrogen-bond acceptors (Lipinski definition) is 1. The standard InChI is InChI=1S/C16H16O/c1-2-16(17)14-9-5-3-7-12(14)11-13-8-4-6-10-15(13)16/h3-10,17H,2,11H2,1H3. The van der Waals surface area contributed by atoms with Crippen LogP contribution in [0.1, 0.15) is 35.6 Å². The van der Waals surface area contributed by atoms with Crippen LogP contribution in [0.2, 0.25) is 0 Å². The molecular weight excluding hydrogens is 208 g/mol. The van der Waals surface area contributed by atoms with Crippen molar-refractivity contribution in [1.82, 2.24) is 0 Å². The van der Waals surface area contributed by atoms with Crippen LogP contribution in [0.4, 0.5) is 0 Å². The molecule has 0 saturated heterocycles. The van der Waals surface area contributed by atoms with Crippen LogP contribution in [0.25, 0.3) is 0 Å². The lowest BCUT2D eigenvalue weighted by Gasteiger charge is -2.36. The van der Waals surface area contributed by atoms with Crippen molar-refractivity contribution in [1.29, 1.82) is 0 Å². The molecular formula is C16H16O. The predicted molar refractivity (Wildman–Crippen MR) is 69.0 cm³/mol. The van der Waals surface area contributed by atoms with E-state index in [2.05, 4.69) is 24.3 Å². The lowest BCUT2D eigenvalue weighted by Crippen LogP contribution is -2.32. The van der Waals surface area contributed by atoms with Gasteiger partial charge >= 0.3 is 0 Å². The molecule has 1 aliphatic rings. The largest absolute Gasteiger partial charge is 0.380 e. The molecule has 86 valence electrons. The fraction of sp³-hybridized carbons (Fsp3) is 0.250. The third kappa shape index (κ3) is 1.43. The van der Waals surface area contributed by atoms with Crippen molar-refractivity contribution in [2.75, 3.05) is 0 Å². The smallest absolute Gasteiger partial charge is 0.115 e. The minimum absolute atomic E-state index is 0.709. The molecule has 0 radical (unpaired) electrons. The van der Waals surface area contributed by atoms with Gasteiger partial charge in [0.25, 0.3) is 0 Å². The fourth-order valence-electron chi connectivity index (χ4n) is 2.89. The molecule has 2 aromatic rings. The zero-order valence-corrected chi connectivity index (χ0v) is 9.98. The second kappa shape index (κ2) is 3.71. The summed E-state index contributed by atoms with van der Waals surface area (Å²) < 4.78 is 0. The van der Waals surface area contributed by atoms with Crippen LogP contribution in [0, 0.1) is 0 Å². The van der Waals surface area contributed by atoms with Crippen molar-refractivity contribution in [3.63, 3.8) is 0 Å². The number of benzene rings is 2. The van der Waals surface area contributed by atoms with Crippen molar-refractivity contribution < 1.29 is 5.11 Å². The Labute approximate surface area is 102 Å². The van der Waals surface area contributed by atoms with Crippen molar-refractivity contribution in [2.45, 2.75) is 25.4 Å². The summed E-state index contributed by atoms with van der Waals surface area (Å²) in [5.41, 5.74) is 3.82. The molecule has 0 heterocycles. The van der Waals surface area contributed by atoms with Gasteiger partial charge in [0, 0.05) is 0 Å². The van der Waals surface area contributed by atoms with Gasteiger partial charge in [0.15, 0.2) is 0 Å². The Hall–Kier alpha value is -1.60. The molecule has 0 fully saturated rings. The van der Waals surface area contributed by atoms with Crippen LogP contribution in [0.15, 0.2) is 48.5 Å². The van der Waals surface area contributed by atoms with E-state index >= 15 is 0 Å². The van der Waals surface area contributed by atoms with Gasteiger partial charge in [0.2, 0.25) is 0 Å². The maximum atomic E-state index is 11.0. The van der Waals surface area contributed by atoms with Gasteiger partial charge in [-0.25, -0.2) is 0 Å². The molecule has 0 bridgehead atoms. The maximum absolute atomic E-state index is 11.0. The Bertz CT molecular complexity index is 511. The molecule has 0 aliphatic heterocycles. The Balaban J connectivity index is 2.28. The summed E-state index contributed by atoms with van der Waals surface area (Å²) in [6.45, 7) is 2.04. The quantitative estimate of drug-likeness (QED) is 0.788. The van der Waals surface area contributed by atoms with E-state index in [0.717, 1.165) is 17.5 Å². The van der Waals surface area contributed by atoms with Crippen LogP contribution < -0.4 is 0 Å². The maximum Gasteiger partial charge on any atom is 0.115 e. The molecule has 0 spiro atoms. The lowest BCUT2D eigenvalue weighted by molar-refractivity contribution is 0.0724. The van der Waals surface area contributed by atoms with Gasteiger partial charge in [-0.05, 0) is 35.1 Å². The fourth-order valence-corrected chi connectivity index (χ4v) is 2.89. The highest BCUT2D eigenvalue weighted by atomic mass is 16.3. The number of hydrogen-bond donors (Lipinski definition) is 1. The molecule has 1 heteroatoms. The van der Waals surface area contributed by atoms with Gasteiger partial charge in [0.05, 0.1) is 0 Å². The van der Waals surface area contributed by atoms with Crippen molar-refractivity contribution in [2.24, 2.45) is 0 Å². The molecule has 0 saturated carbocycles. The third-order valence-electron chi connectivity index (χ3n) is 3.82. The molecule has 3 rings (SSSR count). The van der Waals surface area contributed by atoms with Crippen LogP contribution in [-0.2, 0) is 12.0 Å². The summed E-state index contributed by atoms with van der Waals surface area (Å²) in [7, 11) is 0. The summed E-state index contributed by atoms with van der Waals surface area (Å²) in [6.07, 6.45) is 1.63. The summed E-state index contributed by atoms with van der Waals surface area (Å²) in [5.74, 6) is 0. The second-order valence-corrected chi connectivity index (χ2v) is 4.70. The predicted octanol–water partition coefficient (Wildman–Crippen LogP) is 3.24. The molecule has 1 aliphatic carbocycles. The first-order chi connectivity index (χ1) is 8.25. The monoisotopic (exact) mass is 224 g/mol. The Kier molecular flexibility index (Phi) is 2.30. The van der Waals surface area contributed by atoms with Crippen LogP contribution in [0.5, 0.6) is 0 Å². The van der Waals surface area contributed by atoms with E-state index in [1.165, 1.54) is 11.1 Å². The number of fused-ring (bicyclic) bond motifs is 2. The third-order valence-corrected chi connectivity index (χ3v) is 3.82. The SMILES string of the molecule is CCC1(O)c2ccccc2Cc2ccccc21. The topological polar surface area (TPSA) is 20.2 Å². The van der Waals surface area contributed by atoms with E-state index in [4.69, 9.17) is 0 Å². The second-order valence-electron chi connectivity index (χ2n) is 4.70. The van der Waals surface area contributed by atoms with Crippen LogP contribution in [-0.4, -0.2) is 5.11 Å². The average molecular weight is 224 g/mol. The molecule has 0 aromatic heterocycles. The average Bonchev–Trinajstić information content (AvgIpc) is 2.39. The van der Waals surface area contributed by atoms with E-state index < -0.39 is 5.60 Å². The van der Waals surface area contributed by atoms with Crippen LogP contribution >= 0.6 is 0 Å². The first-order valence-electron chi connectivity index (χ1n) is 6.15. The first-order valence-corrected chi connectivity index (χ1v) is 6.15. The minimum atomic E-state index is -0.814. The van der Waals surface area contributed by atoms with Gasteiger partial charge < -0.3 is 5.11 Å². The number of rotatable bonds is 1. The van der Waals surface area contributed by atoms with Crippen LogP contribution in [0.3, 0.4) is 0 Å². The summed E-state index contributed by atoms with van der Waals surface area (Å²) in [6, 6.07) is 16.4. The molecule has 0 unspecified atom stereocenters. The normalized spacial score (nSPS) is 16.1. The van der Waals surface area contributed by atoms with Gasteiger partial charge in [0.1, 0.15) is 5.60 Å². The van der Waals surface area contributed by atoms with Crippen molar-refractivity contribution >= 4 is 0 Å². The molecule has 1 nitrogen and oxygen atoms in total. The van der Waals surface area contributed by atoms with Crippen molar-refractivity contribution in [3.05, 3.63) is 70.8 Å². The van der Waals surface area contributed by atoms with E-state index in [-0.39, 0.29) is 0 Å². The van der Waals surface area contributed by atoms with E-state index in [0.29, 0.717) is 6.42 Å². The summed E-state index contributed by atoms with van der Waals surface area (Å²) in [5, 5.41) is 11.0. The van der Waals surface area contributed by atoms with Gasteiger partial charge in [-0.15, -0.1) is 0 Å². The minimum Gasteiger partial charge on any atom is -0.380 e. The Morgan fingerprint density at radius 2 is 1.41 bits per heavy atom. The molecule has 1 N–H and O–H groups in total. The molecule has 0 atom stereocenters. The molecule has 2 aromatic carbocycles. The zero-order valence-electron chi connectivity index (χ0n) is 9.98. The van der Waals surface area contributed by atoms with E-state index in [9.17, 15) is 5.11 Å². The van der Waals surface area contributed by atoms with Gasteiger partial charge in [-0.3, -0.25) is 0 Å². The summed E-state index contributed by atoms with van der Waals surface area (Å²) >= 11 is 0. The highest BCUT2D eigenvalue weighted by molar-refractivity contribution is 5.51. The van der Waals surface area contributed by atoms with Gasteiger partial charge in [-0.1, -0.05) is 55.5 Å².